The van der Waals surface area contributed by atoms with Crippen molar-refractivity contribution in [1.82, 2.24) is 19.1 Å². The lowest BCUT2D eigenvalue weighted by Crippen LogP contribution is -2.04. The Morgan fingerprint density at radius 3 is 1.54 bits per heavy atom. The average Bonchev–Trinajstić information content (AvgIpc) is 3.74. The second-order valence-corrected chi connectivity index (χ2v) is 13.5. The van der Waals surface area contributed by atoms with Gasteiger partial charge in [0.2, 0.25) is 5.95 Å². The summed E-state index contributed by atoms with van der Waals surface area (Å²) in [4.78, 5) is 10.9. The number of para-hydroxylation sites is 3. The first-order chi connectivity index (χ1) is 25.8. The number of fused-ring (bicyclic) bond motifs is 9. The summed E-state index contributed by atoms with van der Waals surface area (Å²) in [7, 11) is 0. The summed E-state index contributed by atoms with van der Waals surface area (Å²) in [6, 6.07) is 64.9. The molecule has 0 fully saturated rings. The molecule has 4 heteroatoms. The van der Waals surface area contributed by atoms with Crippen LogP contribution in [0.3, 0.4) is 0 Å². The third-order valence-electron chi connectivity index (χ3n) is 10.5. The van der Waals surface area contributed by atoms with Crippen LogP contribution in [0.4, 0.5) is 0 Å². The van der Waals surface area contributed by atoms with E-state index in [1.54, 1.807) is 0 Å². The molecule has 242 valence electrons. The molecule has 4 nitrogen and oxygen atoms in total. The Balaban J connectivity index is 1.27. The molecule has 0 saturated carbocycles. The van der Waals surface area contributed by atoms with Crippen molar-refractivity contribution in [2.45, 2.75) is 0 Å². The summed E-state index contributed by atoms with van der Waals surface area (Å²) in [6.45, 7) is 0. The molecule has 0 saturated heterocycles. The van der Waals surface area contributed by atoms with Gasteiger partial charge in [-0.2, -0.15) is 0 Å². The molecule has 0 amide bonds. The Bertz CT molecular complexity index is 3090. The minimum atomic E-state index is 0.643. The lowest BCUT2D eigenvalue weighted by molar-refractivity contribution is 0.998. The van der Waals surface area contributed by atoms with Gasteiger partial charge in [-0.3, -0.25) is 4.57 Å². The van der Waals surface area contributed by atoms with E-state index in [4.69, 9.17) is 9.97 Å². The largest absolute Gasteiger partial charge is 0.309 e. The number of rotatable bonds is 4. The fourth-order valence-electron chi connectivity index (χ4n) is 8.10. The van der Waals surface area contributed by atoms with Crippen LogP contribution in [0.1, 0.15) is 0 Å². The summed E-state index contributed by atoms with van der Waals surface area (Å²) in [6.07, 6.45) is 0. The van der Waals surface area contributed by atoms with Gasteiger partial charge < -0.3 is 4.57 Å². The summed E-state index contributed by atoms with van der Waals surface area (Å²) in [5, 5.41) is 9.48. The van der Waals surface area contributed by atoms with Gasteiger partial charge in [0.05, 0.1) is 33.5 Å². The Morgan fingerprint density at radius 1 is 0.346 bits per heavy atom. The molecule has 0 spiro atoms. The molecule has 0 atom stereocenters. The predicted octanol–water partition coefficient (Wildman–Crippen LogP) is 12.3. The van der Waals surface area contributed by atoms with Gasteiger partial charge in [-0.1, -0.05) is 133 Å². The van der Waals surface area contributed by atoms with Crippen molar-refractivity contribution < 1.29 is 0 Å². The van der Waals surface area contributed by atoms with Gasteiger partial charge in [0.15, 0.2) is 0 Å². The number of hydrogen-bond acceptors (Lipinski definition) is 2. The fraction of sp³-hybridized carbons (Fsp3) is 0. The zero-order valence-corrected chi connectivity index (χ0v) is 28.1. The topological polar surface area (TPSA) is 35.6 Å². The van der Waals surface area contributed by atoms with Gasteiger partial charge in [-0.05, 0) is 70.1 Å². The highest BCUT2D eigenvalue weighted by Crippen LogP contribution is 2.42. The van der Waals surface area contributed by atoms with E-state index in [0.29, 0.717) is 5.95 Å². The highest BCUT2D eigenvalue weighted by Gasteiger charge is 2.22. The fourth-order valence-corrected chi connectivity index (χ4v) is 8.10. The minimum absolute atomic E-state index is 0.643. The molecule has 0 bridgehead atoms. The molecule has 0 radical (unpaired) electrons. The number of benzene rings is 8. The molecule has 8 aromatic carbocycles. The van der Waals surface area contributed by atoms with Crippen LogP contribution in [0.25, 0.3) is 99.3 Å². The Kier molecular flexibility index (Phi) is 6.22. The van der Waals surface area contributed by atoms with Gasteiger partial charge in [-0.25, -0.2) is 9.97 Å². The molecule has 11 rings (SSSR count). The van der Waals surface area contributed by atoms with E-state index in [1.165, 1.54) is 43.1 Å². The molecule has 11 aromatic rings. The van der Waals surface area contributed by atoms with Gasteiger partial charge in [0.25, 0.3) is 0 Å². The second kappa shape index (κ2) is 11.2. The zero-order chi connectivity index (χ0) is 34.2. The summed E-state index contributed by atoms with van der Waals surface area (Å²) in [5.74, 6) is 0.643. The van der Waals surface area contributed by atoms with Gasteiger partial charge in [0.1, 0.15) is 0 Å². The monoisotopic (exact) mass is 662 g/mol. The Labute approximate surface area is 299 Å². The molecule has 0 aliphatic rings. The molecule has 3 heterocycles. The number of aromatic nitrogens is 4. The van der Waals surface area contributed by atoms with E-state index in [9.17, 15) is 0 Å². The van der Waals surface area contributed by atoms with Crippen LogP contribution < -0.4 is 0 Å². The van der Waals surface area contributed by atoms with E-state index in [0.717, 1.165) is 50.3 Å². The molecule has 0 aliphatic heterocycles. The SMILES string of the molecule is c1ccc(-n2c3ccccc3c3c2ccc2c4ccccc4n(-c4nc(-c5ccc6ccccc6c5)cc(-c5ccc6ccccc6c5)n4)c23)cc1. The van der Waals surface area contributed by atoms with Crippen LogP contribution in [-0.2, 0) is 0 Å². The molecule has 3 aromatic heterocycles. The van der Waals surface area contributed by atoms with Crippen molar-refractivity contribution in [3.8, 4) is 34.2 Å². The molecule has 52 heavy (non-hydrogen) atoms. The van der Waals surface area contributed by atoms with Crippen molar-refractivity contribution >= 4 is 65.2 Å². The normalized spacial score (nSPS) is 11.8. The molecule has 0 unspecified atom stereocenters. The number of nitrogens with zero attached hydrogens (tertiary/aromatic N) is 4. The van der Waals surface area contributed by atoms with Crippen LogP contribution >= 0.6 is 0 Å². The van der Waals surface area contributed by atoms with Gasteiger partial charge in [0, 0.05) is 38.4 Å². The standard InChI is InChI=1S/C48H30N4/c1-2-16-37(17-3-1)51-44-21-11-9-19-40(44)46-45(51)27-26-39-38-18-8-10-20-43(38)52(47(39)46)48-49-41(35-24-22-31-12-4-6-14-33(31)28-35)30-42(50-48)36-25-23-32-13-5-7-15-34(32)29-36/h1-30H. The van der Waals surface area contributed by atoms with Crippen LogP contribution in [0, 0.1) is 0 Å². The smallest absolute Gasteiger partial charge is 0.235 e. The van der Waals surface area contributed by atoms with Crippen molar-refractivity contribution in [2.24, 2.45) is 0 Å². The quantitative estimate of drug-likeness (QED) is 0.188. The van der Waals surface area contributed by atoms with Crippen LogP contribution in [0.5, 0.6) is 0 Å². The maximum Gasteiger partial charge on any atom is 0.235 e. The van der Waals surface area contributed by atoms with Crippen molar-refractivity contribution in [3.05, 3.63) is 182 Å². The van der Waals surface area contributed by atoms with Crippen molar-refractivity contribution in [3.63, 3.8) is 0 Å². The van der Waals surface area contributed by atoms with Crippen molar-refractivity contribution in [1.29, 1.82) is 0 Å². The summed E-state index contributed by atoms with van der Waals surface area (Å²) in [5.41, 5.74) is 9.47. The highest BCUT2D eigenvalue weighted by molar-refractivity contribution is 6.26. The minimum Gasteiger partial charge on any atom is -0.309 e. The lowest BCUT2D eigenvalue weighted by atomic mass is 10.0. The van der Waals surface area contributed by atoms with Gasteiger partial charge >= 0.3 is 0 Å². The Hall–Kier alpha value is -7.04. The van der Waals surface area contributed by atoms with Crippen LogP contribution in [-0.4, -0.2) is 19.1 Å². The predicted molar refractivity (Wildman–Crippen MR) is 217 cm³/mol. The second-order valence-electron chi connectivity index (χ2n) is 13.5. The molecule has 0 aliphatic carbocycles. The first-order valence-corrected chi connectivity index (χ1v) is 17.7. The van der Waals surface area contributed by atoms with E-state index >= 15 is 0 Å². The third kappa shape index (κ3) is 4.34. The van der Waals surface area contributed by atoms with E-state index in [1.807, 2.05) is 0 Å². The molecule has 0 N–H and O–H groups in total. The van der Waals surface area contributed by atoms with E-state index in [2.05, 4.69) is 191 Å². The maximum atomic E-state index is 5.44. The first-order valence-electron chi connectivity index (χ1n) is 17.7. The summed E-state index contributed by atoms with van der Waals surface area (Å²) < 4.78 is 4.67. The molecular weight excluding hydrogens is 633 g/mol. The Morgan fingerprint density at radius 2 is 0.885 bits per heavy atom. The average molecular weight is 663 g/mol. The van der Waals surface area contributed by atoms with Crippen LogP contribution in [0.15, 0.2) is 182 Å². The lowest BCUT2D eigenvalue weighted by Gasteiger charge is -2.13. The first kappa shape index (κ1) is 28.8. The maximum absolute atomic E-state index is 5.44. The highest BCUT2D eigenvalue weighted by atomic mass is 15.2. The molecular formula is C48H30N4. The van der Waals surface area contributed by atoms with Gasteiger partial charge in [-0.15, -0.1) is 0 Å². The van der Waals surface area contributed by atoms with Crippen molar-refractivity contribution in [2.75, 3.05) is 0 Å². The number of hydrogen-bond donors (Lipinski definition) is 0. The van der Waals surface area contributed by atoms with E-state index < -0.39 is 0 Å². The van der Waals surface area contributed by atoms with Crippen LogP contribution in [0.2, 0.25) is 0 Å². The van der Waals surface area contributed by atoms with E-state index in [-0.39, 0.29) is 0 Å². The summed E-state index contributed by atoms with van der Waals surface area (Å²) >= 11 is 0. The third-order valence-corrected chi connectivity index (χ3v) is 10.5. The zero-order valence-electron chi connectivity index (χ0n) is 28.1.